The molecule has 5 atom stereocenters. The number of amides is 5. The number of aromatic nitrogens is 2. The molecule has 3 heterocycles. The van der Waals surface area contributed by atoms with Crippen LogP contribution in [0.1, 0.15) is 56.2 Å². The Labute approximate surface area is 301 Å². The molecule has 0 spiro atoms. The maximum Gasteiger partial charge on any atom is 2.00 e. The van der Waals surface area contributed by atoms with Gasteiger partial charge in [-0.2, -0.15) is 0 Å². The first-order valence-electron chi connectivity index (χ1n) is 16.7. The van der Waals surface area contributed by atoms with Gasteiger partial charge >= 0.3 is 17.1 Å². The molecule has 275 valence electrons. The van der Waals surface area contributed by atoms with E-state index >= 15 is 0 Å². The molecule has 7 N–H and O–H groups in total. The van der Waals surface area contributed by atoms with E-state index in [9.17, 15) is 33.9 Å². The number of hydrogen-bond donors (Lipinski definition) is 5. The summed E-state index contributed by atoms with van der Waals surface area (Å²) in [6.07, 6.45) is 5.83. The number of nitrogens with two attached hydrogens (primary N) is 2. The van der Waals surface area contributed by atoms with Crippen LogP contribution in [0.4, 0.5) is 0 Å². The second-order valence-electron chi connectivity index (χ2n) is 12.3. The molecule has 2 aliphatic rings. The van der Waals surface area contributed by atoms with Gasteiger partial charge in [0.25, 0.3) is 0 Å². The van der Waals surface area contributed by atoms with Gasteiger partial charge in [0.1, 0.15) is 24.2 Å². The van der Waals surface area contributed by atoms with Gasteiger partial charge in [0, 0.05) is 19.5 Å². The first-order chi connectivity index (χ1) is 23.6. The van der Waals surface area contributed by atoms with Crippen LogP contribution < -0.4 is 37.5 Å². The summed E-state index contributed by atoms with van der Waals surface area (Å²) in [4.78, 5) is 89.7. The Morgan fingerprint density at radius 2 is 1.52 bits per heavy atom. The molecule has 0 aliphatic carbocycles. The van der Waals surface area contributed by atoms with Crippen LogP contribution in [0.2, 0.25) is 0 Å². The molecule has 1 aromatic carbocycles. The number of likely N-dealkylation sites (tertiary alicyclic amines) is 2. The number of rotatable bonds is 17. The number of aliphatic carboxylic acids is 1. The first-order valence-corrected chi connectivity index (χ1v) is 16.7. The number of nitrogens with one attached hydrogen (secondary N) is 3. The van der Waals surface area contributed by atoms with Gasteiger partial charge in [-0.15, -0.1) is 0 Å². The SMILES string of the molecule is NCCCC[C@H](NC(=O)[C@H](Cc1c[n-]cn1)NC(=O)CN)C(=O)N1CCC[C@H]1C(=O)N[C@@H](Cc1ccccc1)C(=O)N1CCC[C@H]1C(=O)[O-].[Cu+2]. The van der Waals surface area contributed by atoms with Crippen molar-refractivity contribution < 1.29 is 50.9 Å². The van der Waals surface area contributed by atoms with Crippen LogP contribution in [-0.2, 0) is 58.7 Å². The molecule has 2 aromatic rings. The maximum absolute atomic E-state index is 14.1. The van der Waals surface area contributed by atoms with Crippen molar-refractivity contribution in [3.05, 3.63) is 54.1 Å². The number of carboxylic acid groups (broad SMARTS) is 1. The van der Waals surface area contributed by atoms with Gasteiger partial charge < -0.3 is 57.1 Å². The summed E-state index contributed by atoms with van der Waals surface area (Å²) in [6, 6.07) is 3.80. The van der Waals surface area contributed by atoms with Gasteiger partial charge in [0.15, 0.2) is 0 Å². The van der Waals surface area contributed by atoms with E-state index in [2.05, 4.69) is 25.9 Å². The minimum absolute atomic E-state index is 0. The summed E-state index contributed by atoms with van der Waals surface area (Å²) in [5, 5.41) is 19.9. The molecule has 17 heteroatoms. The molecule has 2 fully saturated rings. The van der Waals surface area contributed by atoms with Crippen LogP contribution in [-0.4, -0.2) is 107 Å². The van der Waals surface area contributed by atoms with E-state index in [4.69, 9.17) is 11.5 Å². The molecular formula is C33H45CuN9O7. The van der Waals surface area contributed by atoms with Crippen LogP contribution in [0.5, 0.6) is 0 Å². The molecule has 4 rings (SSSR count). The van der Waals surface area contributed by atoms with Gasteiger partial charge in [0.05, 0.1) is 18.6 Å². The molecule has 16 nitrogen and oxygen atoms in total. The third-order valence-corrected chi connectivity index (χ3v) is 8.87. The topological polar surface area (TPSA) is 247 Å². The third-order valence-electron chi connectivity index (χ3n) is 8.87. The van der Waals surface area contributed by atoms with Crippen LogP contribution in [0, 0.1) is 0 Å². The molecule has 2 saturated heterocycles. The fraction of sp³-hybridized carbons (Fsp3) is 0.545. The Morgan fingerprint density at radius 3 is 2.14 bits per heavy atom. The van der Waals surface area contributed by atoms with Gasteiger partial charge in [-0.1, -0.05) is 48.5 Å². The van der Waals surface area contributed by atoms with Crippen molar-refractivity contribution in [2.24, 2.45) is 11.5 Å². The van der Waals surface area contributed by atoms with Crippen molar-refractivity contribution in [1.29, 1.82) is 0 Å². The zero-order chi connectivity index (χ0) is 35.3. The van der Waals surface area contributed by atoms with Crippen LogP contribution in [0.3, 0.4) is 0 Å². The fourth-order valence-corrected chi connectivity index (χ4v) is 6.36. The number of imidazole rings is 1. The minimum Gasteiger partial charge on any atom is -0.548 e. The van der Waals surface area contributed by atoms with Crippen LogP contribution in [0.15, 0.2) is 42.9 Å². The van der Waals surface area contributed by atoms with E-state index in [1.807, 2.05) is 6.07 Å². The largest absolute Gasteiger partial charge is 2.00 e. The van der Waals surface area contributed by atoms with Crippen LogP contribution in [0.25, 0.3) is 0 Å². The third kappa shape index (κ3) is 10.8. The monoisotopic (exact) mass is 742 g/mol. The fourth-order valence-electron chi connectivity index (χ4n) is 6.36. The number of carboxylic acids is 1. The molecular weight excluding hydrogens is 698 g/mol. The van der Waals surface area contributed by atoms with Crippen molar-refractivity contribution in [2.45, 2.75) is 88.0 Å². The molecule has 0 saturated carbocycles. The molecule has 1 radical (unpaired) electrons. The smallest absolute Gasteiger partial charge is 0.548 e. The summed E-state index contributed by atoms with van der Waals surface area (Å²) in [6.45, 7) is 0.495. The van der Waals surface area contributed by atoms with E-state index in [0.717, 1.165) is 5.56 Å². The predicted molar refractivity (Wildman–Crippen MR) is 174 cm³/mol. The Kier molecular flexibility index (Phi) is 15.9. The van der Waals surface area contributed by atoms with Crippen molar-refractivity contribution in [1.82, 2.24) is 35.7 Å². The van der Waals surface area contributed by atoms with Crippen molar-refractivity contribution in [2.75, 3.05) is 26.2 Å². The molecule has 0 unspecified atom stereocenters. The van der Waals surface area contributed by atoms with Gasteiger partial charge in [-0.3, -0.25) is 24.0 Å². The summed E-state index contributed by atoms with van der Waals surface area (Å²) >= 11 is 0. The molecule has 2 aliphatic heterocycles. The van der Waals surface area contributed by atoms with Crippen molar-refractivity contribution in [3.63, 3.8) is 0 Å². The number of benzene rings is 1. The van der Waals surface area contributed by atoms with Gasteiger partial charge in [-0.05, 0) is 63.5 Å². The minimum atomic E-state index is -1.35. The summed E-state index contributed by atoms with van der Waals surface area (Å²) in [7, 11) is 0. The predicted octanol–water partition coefficient (Wildman–Crippen LogP) is -2.90. The Bertz CT molecular complexity index is 1450. The van der Waals surface area contributed by atoms with Gasteiger partial charge in [-0.25, -0.2) is 0 Å². The Hall–Kier alpha value is -4.31. The zero-order valence-electron chi connectivity index (χ0n) is 27.7. The summed E-state index contributed by atoms with van der Waals surface area (Å²) < 4.78 is 0. The Balaban J connectivity index is 0.00000676. The van der Waals surface area contributed by atoms with Crippen molar-refractivity contribution in [3.8, 4) is 0 Å². The number of carbonyl (C=O) groups excluding carboxylic acids is 6. The second-order valence-corrected chi connectivity index (χ2v) is 12.3. The zero-order valence-corrected chi connectivity index (χ0v) is 28.7. The first kappa shape index (κ1) is 40.1. The van der Waals surface area contributed by atoms with E-state index < -0.39 is 65.7 Å². The summed E-state index contributed by atoms with van der Waals surface area (Å²) in [5.41, 5.74) is 12.4. The van der Waals surface area contributed by atoms with Crippen LogP contribution >= 0.6 is 0 Å². The second kappa shape index (κ2) is 19.8. The van der Waals surface area contributed by atoms with E-state index in [-0.39, 0.29) is 62.4 Å². The summed E-state index contributed by atoms with van der Waals surface area (Å²) in [5.74, 6) is -4.12. The molecule has 5 amide bonds. The average Bonchev–Trinajstić information content (AvgIpc) is 3.90. The number of hydrogen-bond acceptors (Lipinski definition) is 10. The van der Waals surface area contributed by atoms with Gasteiger partial charge in [0.2, 0.25) is 29.5 Å². The number of carbonyl (C=O) groups is 6. The van der Waals surface area contributed by atoms with Crippen molar-refractivity contribution >= 4 is 35.5 Å². The number of unbranched alkanes of at least 4 members (excludes halogenated alkanes) is 1. The van der Waals surface area contributed by atoms with E-state index in [1.54, 1.807) is 24.3 Å². The average molecular weight is 743 g/mol. The van der Waals surface area contributed by atoms with E-state index in [1.165, 1.54) is 22.3 Å². The molecule has 0 bridgehead atoms. The quantitative estimate of drug-likeness (QED) is 0.0813. The number of nitrogens with zero attached hydrogens (tertiary/aromatic N) is 4. The molecule has 50 heavy (non-hydrogen) atoms. The maximum atomic E-state index is 14.1. The van der Waals surface area contributed by atoms with E-state index in [0.29, 0.717) is 44.3 Å². The molecule has 1 aromatic heterocycles. The Morgan fingerprint density at radius 1 is 0.860 bits per heavy atom. The normalized spacial score (nSPS) is 18.8. The standard InChI is InChI=1S/C33H47N9O7.Cu/c34-13-5-4-10-23(39-29(44)24(38-28(43)18-35)17-22-19-36-20-37-22)31(46)41-14-6-11-26(41)30(45)40-25(16-21-8-2-1-3-9-21)32(47)42-15-7-12-27(42)33(48)49;/h1-3,8-9,19-20,23-27H,4-7,10-18,34-35H2,(H5,36,37,38,39,40,43,44,45,48,49);/q;+2/p-2/t23-,24-,25-,26-,27-;/m0./s1.